The third kappa shape index (κ3) is 4.09. The van der Waals surface area contributed by atoms with Crippen LogP contribution in [-0.2, 0) is 4.74 Å². The molecule has 0 N–H and O–H groups in total. The van der Waals surface area contributed by atoms with Gasteiger partial charge in [0.05, 0.1) is 30.7 Å². The number of nitrogens with zero attached hydrogens (tertiary/aromatic N) is 5. The molecular weight excluding hydrogens is 402 g/mol. The number of pyridine rings is 1. The number of benzene rings is 1. The summed E-state index contributed by atoms with van der Waals surface area (Å²) < 4.78 is 7.04. The monoisotopic (exact) mass is 423 g/mol. The van der Waals surface area contributed by atoms with Crippen LogP contribution < -0.4 is 0 Å². The summed E-state index contributed by atoms with van der Waals surface area (Å²) in [5, 5.41) is 4.35. The maximum atomic E-state index is 12.7. The van der Waals surface area contributed by atoms with E-state index in [1.54, 1.807) is 16.9 Å². The summed E-state index contributed by atoms with van der Waals surface area (Å²) in [6.45, 7) is 4.37. The van der Waals surface area contributed by atoms with E-state index in [1.165, 1.54) is 0 Å². The number of rotatable bonds is 2. The van der Waals surface area contributed by atoms with Crippen LogP contribution in [0.15, 0.2) is 61.1 Å². The Hall–Kier alpha value is -4.02. The van der Waals surface area contributed by atoms with Crippen molar-refractivity contribution in [3.63, 3.8) is 0 Å². The molecule has 7 nitrogen and oxygen atoms in total. The minimum absolute atomic E-state index is 0.0305. The minimum Gasteiger partial charge on any atom is -0.378 e. The third-order valence-corrected chi connectivity index (χ3v) is 5.33. The van der Waals surface area contributed by atoms with Gasteiger partial charge in [-0.15, -0.1) is 0 Å². The van der Waals surface area contributed by atoms with Crippen LogP contribution in [0, 0.1) is 18.8 Å². The highest BCUT2D eigenvalue weighted by atomic mass is 16.5. The van der Waals surface area contributed by atoms with E-state index < -0.39 is 0 Å². The highest BCUT2D eigenvalue weighted by Crippen LogP contribution is 2.20. The minimum atomic E-state index is 0.0305. The van der Waals surface area contributed by atoms with E-state index in [0.29, 0.717) is 37.5 Å². The lowest BCUT2D eigenvalue weighted by Gasteiger charge is -2.26. The van der Waals surface area contributed by atoms with Crippen LogP contribution in [0.5, 0.6) is 0 Å². The fraction of sp³-hybridized carbons (Fsp3) is 0.200. The number of hydrogen-bond acceptors (Lipinski definition) is 5. The molecule has 5 rings (SSSR count). The number of ether oxygens (including phenoxy) is 1. The van der Waals surface area contributed by atoms with Crippen molar-refractivity contribution >= 4 is 11.6 Å². The molecule has 0 bridgehead atoms. The lowest BCUT2D eigenvalue weighted by Crippen LogP contribution is -2.40. The van der Waals surface area contributed by atoms with Crippen molar-refractivity contribution in [2.75, 3.05) is 26.3 Å². The fourth-order valence-electron chi connectivity index (χ4n) is 3.61. The van der Waals surface area contributed by atoms with E-state index in [0.717, 1.165) is 28.1 Å². The second kappa shape index (κ2) is 8.61. The summed E-state index contributed by atoms with van der Waals surface area (Å²) >= 11 is 0. The summed E-state index contributed by atoms with van der Waals surface area (Å²) in [4.78, 5) is 23.5. The van der Waals surface area contributed by atoms with Crippen molar-refractivity contribution in [1.82, 2.24) is 24.5 Å². The number of carbonyl (C=O) groups is 1. The molecule has 1 aromatic carbocycles. The van der Waals surface area contributed by atoms with Crippen molar-refractivity contribution in [3.05, 3.63) is 83.4 Å². The first-order chi connectivity index (χ1) is 15.7. The van der Waals surface area contributed by atoms with E-state index in [9.17, 15) is 4.79 Å². The van der Waals surface area contributed by atoms with E-state index in [4.69, 9.17) is 9.72 Å². The van der Waals surface area contributed by atoms with Crippen molar-refractivity contribution < 1.29 is 9.53 Å². The zero-order chi connectivity index (χ0) is 21.9. The molecule has 1 aliphatic heterocycles. The van der Waals surface area contributed by atoms with E-state index in [-0.39, 0.29) is 5.91 Å². The van der Waals surface area contributed by atoms with E-state index >= 15 is 0 Å². The molecular formula is C25H21N5O2. The predicted octanol–water partition coefficient (Wildman–Crippen LogP) is 2.97. The van der Waals surface area contributed by atoms with Gasteiger partial charge in [0, 0.05) is 47.9 Å². The maximum Gasteiger partial charge on any atom is 0.254 e. The standard InChI is InChI=1S/C25H21N5O2/c1-18-16-19(8-10-26-18)2-3-22-17-27-30-11-9-23(28-24(22)30)20-4-6-21(7-5-20)25(31)29-12-14-32-15-13-29/h4-11,16-17H,12-15H2,1H3. The Bertz CT molecular complexity index is 1340. The van der Waals surface area contributed by atoms with Gasteiger partial charge in [0.15, 0.2) is 5.65 Å². The zero-order valence-electron chi connectivity index (χ0n) is 17.7. The Morgan fingerprint density at radius 2 is 1.88 bits per heavy atom. The van der Waals surface area contributed by atoms with Crippen LogP contribution in [0.1, 0.15) is 27.2 Å². The molecule has 1 aliphatic rings. The number of fused-ring (bicyclic) bond motifs is 1. The van der Waals surface area contributed by atoms with Gasteiger partial charge in [-0.3, -0.25) is 9.78 Å². The first-order valence-electron chi connectivity index (χ1n) is 10.4. The van der Waals surface area contributed by atoms with Crippen molar-refractivity contribution in [2.45, 2.75) is 6.92 Å². The number of amides is 1. The summed E-state index contributed by atoms with van der Waals surface area (Å²) in [5.41, 5.74) is 5.65. The molecule has 158 valence electrons. The smallest absolute Gasteiger partial charge is 0.254 e. The number of aryl methyl sites for hydroxylation is 1. The number of carbonyl (C=O) groups excluding carboxylic acids is 1. The van der Waals surface area contributed by atoms with Gasteiger partial charge in [-0.05, 0) is 37.3 Å². The average molecular weight is 423 g/mol. The summed E-state index contributed by atoms with van der Waals surface area (Å²) in [6, 6.07) is 13.3. The van der Waals surface area contributed by atoms with Crippen LogP contribution in [0.2, 0.25) is 0 Å². The van der Waals surface area contributed by atoms with Crippen molar-refractivity contribution in [3.8, 4) is 23.1 Å². The molecule has 0 atom stereocenters. The molecule has 32 heavy (non-hydrogen) atoms. The van der Waals surface area contributed by atoms with Crippen LogP contribution in [0.4, 0.5) is 0 Å². The van der Waals surface area contributed by atoms with Crippen molar-refractivity contribution in [1.29, 1.82) is 0 Å². The van der Waals surface area contributed by atoms with E-state index in [2.05, 4.69) is 21.9 Å². The van der Waals surface area contributed by atoms with Gasteiger partial charge in [-0.25, -0.2) is 9.50 Å². The molecule has 3 aromatic heterocycles. The van der Waals surface area contributed by atoms with Crippen LogP contribution in [-0.4, -0.2) is 56.7 Å². The quantitative estimate of drug-likeness (QED) is 0.464. The molecule has 1 fully saturated rings. The molecule has 0 aliphatic carbocycles. The van der Waals surface area contributed by atoms with Gasteiger partial charge in [0.25, 0.3) is 5.91 Å². The Kier molecular flexibility index (Phi) is 5.36. The molecule has 0 radical (unpaired) electrons. The fourth-order valence-corrected chi connectivity index (χ4v) is 3.61. The Labute approximate surface area is 185 Å². The molecule has 7 heteroatoms. The topological polar surface area (TPSA) is 72.6 Å². The molecule has 0 unspecified atom stereocenters. The summed E-state index contributed by atoms with van der Waals surface area (Å²) in [7, 11) is 0. The number of morpholine rings is 1. The van der Waals surface area contributed by atoms with Crippen LogP contribution in [0.3, 0.4) is 0 Å². The van der Waals surface area contributed by atoms with Crippen LogP contribution in [0.25, 0.3) is 16.9 Å². The summed E-state index contributed by atoms with van der Waals surface area (Å²) in [5.74, 6) is 6.35. The Morgan fingerprint density at radius 3 is 2.66 bits per heavy atom. The largest absolute Gasteiger partial charge is 0.378 e. The maximum absolute atomic E-state index is 12.7. The second-order valence-electron chi connectivity index (χ2n) is 7.56. The molecule has 1 saturated heterocycles. The predicted molar refractivity (Wildman–Crippen MR) is 120 cm³/mol. The number of hydrogen-bond donors (Lipinski definition) is 0. The first kappa shape index (κ1) is 19.9. The molecule has 1 amide bonds. The third-order valence-electron chi connectivity index (χ3n) is 5.33. The lowest BCUT2D eigenvalue weighted by atomic mass is 10.1. The van der Waals surface area contributed by atoms with Gasteiger partial charge >= 0.3 is 0 Å². The Balaban J connectivity index is 1.41. The van der Waals surface area contributed by atoms with Crippen LogP contribution >= 0.6 is 0 Å². The molecule has 4 heterocycles. The Morgan fingerprint density at radius 1 is 1.06 bits per heavy atom. The molecule has 0 saturated carbocycles. The SMILES string of the molecule is Cc1cc(C#Cc2cnn3ccc(-c4ccc(C(=O)N5CCOCC5)cc4)nc23)ccn1. The highest BCUT2D eigenvalue weighted by Gasteiger charge is 2.18. The highest BCUT2D eigenvalue weighted by molar-refractivity contribution is 5.94. The van der Waals surface area contributed by atoms with Gasteiger partial charge in [0.2, 0.25) is 0 Å². The van der Waals surface area contributed by atoms with Gasteiger partial charge in [-0.2, -0.15) is 5.10 Å². The molecule has 4 aromatic rings. The van der Waals surface area contributed by atoms with Gasteiger partial charge in [-0.1, -0.05) is 24.0 Å². The second-order valence-corrected chi connectivity index (χ2v) is 7.56. The van der Waals surface area contributed by atoms with E-state index in [1.807, 2.05) is 60.5 Å². The lowest BCUT2D eigenvalue weighted by molar-refractivity contribution is 0.0303. The zero-order valence-corrected chi connectivity index (χ0v) is 17.7. The van der Waals surface area contributed by atoms with Gasteiger partial charge in [0.1, 0.15) is 0 Å². The molecule has 0 spiro atoms. The average Bonchev–Trinajstić information content (AvgIpc) is 3.25. The first-order valence-corrected chi connectivity index (χ1v) is 10.4. The number of aromatic nitrogens is 4. The normalized spacial score (nSPS) is 13.6. The summed E-state index contributed by atoms with van der Waals surface area (Å²) in [6.07, 6.45) is 5.34. The van der Waals surface area contributed by atoms with Gasteiger partial charge < -0.3 is 9.64 Å². The van der Waals surface area contributed by atoms with Crippen molar-refractivity contribution in [2.24, 2.45) is 0 Å².